The molecule has 0 spiro atoms. The summed E-state index contributed by atoms with van der Waals surface area (Å²) >= 11 is 0. The number of ether oxygens (including phenoxy) is 1. The lowest BCUT2D eigenvalue weighted by molar-refractivity contribution is -0.0291. The van der Waals surface area contributed by atoms with Crippen LogP contribution in [0.4, 0.5) is 0 Å². The van der Waals surface area contributed by atoms with Gasteiger partial charge in [0.15, 0.2) is 9.84 Å². The number of nitrogens with zero attached hydrogens (tertiary/aromatic N) is 1. The number of hydrogen-bond donors (Lipinski definition) is 1. The minimum absolute atomic E-state index is 0.165. The molecule has 2 rings (SSSR count). The lowest BCUT2D eigenvalue weighted by Crippen LogP contribution is -2.46. The number of hydrogen-bond acceptors (Lipinski definition) is 5. The molecule has 2 aliphatic rings. The molecule has 6 heteroatoms. The Labute approximate surface area is 110 Å². The SMILES string of the molecule is CCC1CN(CCNC2CCS(=O)(=O)C2)CCO1. The van der Waals surface area contributed by atoms with E-state index in [2.05, 4.69) is 17.1 Å². The van der Waals surface area contributed by atoms with E-state index < -0.39 is 9.84 Å². The van der Waals surface area contributed by atoms with Gasteiger partial charge in [-0.15, -0.1) is 0 Å². The van der Waals surface area contributed by atoms with Crippen LogP contribution in [-0.4, -0.2) is 69.8 Å². The first-order valence-corrected chi connectivity index (χ1v) is 8.69. The molecule has 2 unspecified atom stereocenters. The average Bonchev–Trinajstić information content (AvgIpc) is 2.69. The van der Waals surface area contributed by atoms with Gasteiger partial charge in [0.2, 0.25) is 0 Å². The van der Waals surface area contributed by atoms with Crippen LogP contribution in [0.5, 0.6) is 0 Å². The van der Waals surface area contributed by atoms with Crippen LogP contribution in [0.25, 0.3) is 0 Å². The second-order valence-corrected chi connectivity index (χ2v) is 7.48. The summed E-state index contributed by atoms with van der Waals surface area (Å²) in [6.45, 7) is 6.81. The van der Waals surface area contributed by atoms with E-state index in [4.69, 9.17) is 4.74 Å². The van der Waals surface area contributed by atoms with E-state index >= 15 is 0 Å². The Morgan fingerprint density at radius 1 is 1.44 bits per heavy atom. The standard InChI is InChI=1S/C12H24N2O3S/c1-2-12-9-14(6-7-17-12)5-4-13-11-3-8-18(15,16)10-11/h11-13H,2-10H2,1H3. The Morgan fingerprint density at radius 2 is 2.28 bits per heavy atom. The van der Waals surface area contributed by atoms with Gasteiger partial charge in [0.1, 0.15) is 0 Å². The van der Waals surface area contributed by atoms with Gasteiger partial charge in [0.05, 0.1) is 24.2 Å². The summed E-state index contributed by atoms with van der Waals surface area (Å²) in [5.74, 6) is 0.661. The third-order valence-corrected chi connectivity index (χ3v) is 5.54. The van der Waals surface area contributed by atoms with E-state index in [9.17, 15) is 8.42 Å². The molecule has 0 aromatic rings. The maximum absolute atomic E-state index is 11.3. The molecule has 0 saturated carbocycles. The molecule has 2 saturated heterocycles. The fourth-order valence-electron chi connectivity index (χ4n) is 2.61. The normalized spacial score (nSPS) is 32.7. The number of nitrogens with one attached hydrogen (secondary N) is 1. The number of sulfone groups is 1. The van der Waals surface area contributed by atoms with Crippen LogP contribution in [0.15, 0.2) is 0 Å². The zero-order valence-corrected chi connectivity index (χ0v) is 11.9. The molecule has 1 N–H and O–H groups in total. The topological polar surface area (TPSA) is 58.6 Å². The number of rotatable bonds is 5. The smallest absolute Gasteiger partial charge is 0.151 e. The molecular weight excluding hydrogens is 252 g/mol. The molecule has 0 amide bonds. The summed E-state index contributed by atoms with van der Waals surface area (Å²) in [6.07, 6.45) is 2.19. The van der Waals surface area contributed by atoms with E-state index in [-0.39, 0.29) is 6.04 Å². The minimum atomic E-state index is -2.76. The van der Waals surface area contributed by atoms with Crippen molar-refractivity contribution < 1.29 is 13.2 Å². The van der Waals surface area contributed by atoms with Gasteiger partial charge >= 0.3 is 0 Å². The Hall–Kier alpha value is -0.170. The first kappa shape index (κ1) is 14.2. The lowest BCUT2D eigenvalue weighted by Gasteiger charge is -2.32. The van der Waals surface area contributed by atoms with Crippen LogP contribution in [-0.2, 0) is 14.6 Å². The average molecular weight is 276 g/mol. The summed E-state index contributed by atoms with van der Waals surface area (Å²) in [5, 5.41) is 3.36. The van der Waals surface area contributed by atoms with Crippen molar-refractivity contribution in [1.82, 2.24) is 10.2 Å². The quantitative estimate of drug-likeness (QED) is 0.758. The second kappa shape index (κ2) is 6.32. The molecule has 0 radical (unpaired) electrons. The molecule has 0 aliphatic carbocycles. The van der Waals surface area contributed by atoms with Gasteiger partial charge in [-0.2, -0.15) is 0 Å². The Bertz CT molecular complexity index is 358. The van der Waals surface area contributed by atoms with Crippen molar-refractivity contribution in [3.8, 4) is 0 Å². The van der Waals surface area contributed by atoms with Gasteiger partial charge in [-0.1, -0.05) is 6.92 Å². The van der Waals surface area contributed by atoms with Crippen molar-refractivity contribution in [3.05, 3.63) is 0 Å². The van der Waals surface area contributed by atoms with E-state index in [0.29, 0.717) is 17.6 Å². The molecule has 2 atom stereocenters. The highest BCUT2D eigenvalue weighted by Crippen LogP contribution is 2.11. The second-order valence-electron chi connectivity index (χ2n) is 5.26. The fraction of sp³-hybridized carbons (Fsp3) is 1.00. The summed E-state index contributed by atoms with van der Waals surface area (Å²) in [5.41, 5.74) is 0. The molecule has 0 aromatic carbocycles. The van der Waals surface area contributed by atoms with Crippen LogP contribution in [0, 0.1) is 0 Å². The first-order valence-electron chi connectivity index (χ1n) is 6.87. The van der Waals surface area contributed by atoms with Gasteiger partial charge in [-0.05, 0) is 12.8 Å². The molecule has 0 bridgehead atoms. The van der Waals surface area contributed by atoms with Crippen LogP contribution < -0.4 is 5.32 Å². The van der Waals surface area contributed by atoms with Crippen molar-refractivity contribution in [3.63, 3.8) is 0 Å². The lowest BCUT2D eigenvalue weighted by atomic mass is 10.2. The summed E-state index contributed by atoms with van der Waals surface area (Å²) in [7, 11) is -2.76. The van der Waals surface area contributed by atoms with Crippen LogP contribution in [0.3, 0.4) is 0 Å². The van der Waals surface area contributed by atoms with Crippen LogP contribution in [0.2, 0.25) is 0 Å². The Balaban J connectivity index is 1.63. The van der Waals surface area contributed by atoms with E-state index in [1.54, 1.807) is 0 Å². The Kier molecular flexibility index (Phi) is 5.00. The molecule has 0 aromatic heterocycles. The van der Waals surface area contributed by atoms with Gasteiger partial charge in [-0.25, -0.2) is 8.42 Å². The molecular formula is C12H24N2O3S. The largest absolute Gasteiger partial charge is 0.376 e. The van der Waals surface area contributed by atoms with Crippen LogP contribution in [0.1, 0.15) is 19.8 Å². The van der Waals surface area contributed by atoms with Crippen molar-refractivity contribution in [2.45, 2.75) is 31.9 Å². The number of morpholine rings is 1. The molecule has 5 nitrogen and oxygen atoms in total. The predicted octanol–water partition coefficient (Wildman–Crippen LogP) is -0.126. The molecule has 18 heavy (non-hydrogen) atoms. The van der Waals surface area contributed by atoms with E-state index in [0.717, 1.165) is 45.6 Å². The summed E-state index contributed by atoms with van der Waals surface area (Å²) in [4.78, 5) is 2.40. The highest BCUT2D eigenvalue weighted by atomic mass is 32.2. The minimum Gasteiger partial charge on any atom is -0.376 e. The molecule has 2 fully saturated rings. The fourth-order valence-corrected chi connectivity index (χ4v) is 4.32. The maximum Gasteiger partial charge on any atom is 0.151 e. The zero-order valence-electron chi connectivity index (χ0n) is 11.1. The van der Waals surface area contributed by atoms with E-state index in [1.807, 2.05) is 0 Å². The third-order valence-electron chi connectivity index (χ3n) is 3.77. The summed E-state index contributed by atoms with van der Waals surface area (Å²) < 4.78 is 28.3. The van der Waals surface area contributed by atoms with Gasteiger partial charge < -0.3 is 10.1 Å². The molecule has 106 valence electrons. The van der Waals surface area contributed by atoms with E-state index in [1.165, 1.54) is 0 Å². The monoisotopic (exact) mass is 276 g/mol. The van der Waals surface area contributed by atoms with Crippen molar-refractivity contribution in [2.75, 3.05) is 44.3 Å². The first-order chi connectivity index (χ1) is 8.59. The third kappa shape index (κ3) is 4.19. The maximum atomic E-state index is 11.3. The molecule has 2 aliphatic heterocycles. The van der Waals surface area contributed by atoms with Crippen molar-refractivity contribution in [1.29, 1.82) is 0 Å². The zero-order chi connectivity index (χ0) is 13.0. The molecule has 2 heterocycles. The highest BCUT2D eigenvalue weighted by molar-refractivity contribution is 7.91. The van der Waals surface area contributed by atoms with Gasteiger partial charge in [-0.3, -0.25) is 4.90 Å². The summed E-state index contributed by atoms with van der Waals surface area (Å²) in [6, 6.07) is 0.165. The van der Waals surface area contributed by atoms with Crippen molar-refractivity contribution in [2.24, 2.45) is 0 Å². The predicted molar refractivity (Wildman–Crippen MR) is 71.5 cm³/mol. The van der Waals surface area contributed by atoms with Gasteiger partial charge in [0, 0.05) is 32.2 Å². The van der Waals surface area contributed by atoms with Crippen LogP contribution >= 0.6 is 0 Å². The highest BCUT2D eigenvalue weighted by Gasteiger charge is 2.27. The van der Waals surface area contributed by atoms with Gasteiger partial charge in [0.25, 0.3) is 0 Å². The Morgan fingerprint density at radius 3 is 2.94 bits per heavy atom. The van der Waals surface area contributed by atoms with Crippen molar-refractivity contribution >= 4 is 9.84 Å².